The van der Waals surface area contributed by atoms with E-state index in [1.165, 1.54) is 16.0 Å². The van der Waals surface area contributed by atoms with Crippen molar-refractivity contribution in [3.8, 4) is 5.75 Å². The van der Waals surface area contributed by atoms with Gasteiger partial charge in [-0.05, 0) is 54.5 Å². The number of thiophene rings is 1. The van der Waals surface area contributed by atoms with Crippen molar-refractivity contribution in [3.63, 3.8) is 0 Å². The Morgan fingerprint density at radius 1 is 1.20 bits per heavy atom. The number of rotatable bonds is 7. The fourth-order valence-corrected chi connectivity index (χ4v) is 3.22. The van der Waals surface area contributed by atoms with Gasteiger partial charge >= 0.3 is 0 Å². The first kappa shape index (κ1) is 15.1. The molecule has 1 N–H and O–H groups in total. The van der Waals surface area contributed by atoms with E-state index in [4.69, 9.17) is 4.74 Å². The van der Waals surface area contributed by atoms with E-state index in [-0.39, 0.29) is 0 Å². The summed E-state index contributed by atoms with van der Waals surface area (Å²) < 4.78 is 5.18. The zero-order chi connectivity index (χ0) is 14.4. The summed E-state index contributed by atoms with van der Waals surface area (Å²) >= 11 is 1.85. The molecule has 0 aliphatic rings. The van der Waals surface area contributed by atoms with E-state index in [2.05, 4.69) is 42.7 Å². The van der Waals surface area contributed by atoms with E-state index < -0.39 is 0 Å². The Hall–Kier alpha value is -1.32. The van der Waals surface area contributed by atoms with Crippen LogP contribution in [0, 0.1) is 0 Å². The Kier molecular flexibility index (Phi) is 5.62. The molecule has 0 bridgehead atoms. The lowest BCUT2D eigenvalue weighted by Gasteiger charge is -2.14. The fourth-order valence-electron chi connectivity index (χ4n) is 2.29. The van der Waals surface area contributed by atoms with E-state index in [9.17, 15) is 0 Å². The van der Waals surface area contributed by atoms with E-state index in [1.54, 1.807) is 7.11 Å². The van der Waals surface area contributed by atoms with Crippen molar-refractivity contribution in [2.45, 2.75) is 39.3 Å². The summed E-state index contributed by atoms with van der Waals surface area (Å²) in [5, 5.41) is 5.80. The minimum Gasteiger partial charge on any atom is -0.497 e. The Balaban J connectivity index is 1.84. The number of nitrogens with one attached hydrogen (secondary N) is 1. The summed E-state index contributed by atoms with van der Waals surface area (Å²) in [4.78, 5) is 1.47. The second kappa shape index (κ2) is 7.46. The molecule has 1 heterocycles. The van der Waals surface area contributed by atoms with Gasteiger partial charge in [-0.25, -0.2) is 0 Å². The van der Waals surface area contributed by atoms with Crippen LogP contribution in [-0.2, 0) is 19.4 Å². The van der Waals surface area contributed by atoms with Crippen molar-refractivity contribution in [3.05, 3.63) is 51.7 Å². The highest BCUT2D eigenvalue weighted by atomic mass is 32.1. The SMILES string of the molecule is CCc1ccsc1CNC(C)Cc1ccc(OC)cc1. The Morgan fingerprint density at radius 3 is 2.60 bits per heavy atom. The highest BCUT2D eigenvalue weighted by Crippen LogP contribution is 2.17. The summed E-state index contributed by atoms with van der Waals surface area (Å²) in [6.45, 7) is 5.42. The molecule has 0 spiro atoms. The first-order valence-corrected chi connectivity index (χ1v) is 8.02. The van der Waals surface area contributed by atoms with Gasteiger partial charge in [0.15, 0.2) is 0 Å². The summed E-state index contributed by atoms with van der Waals surface area (Å²) in [6, 6.07) is 11.0. The molecule has 1 unspecified atom stereocenters. The minimum atomic E-state index is 0.468. The van der Waals surface area contributed by atoms with Crippen molar-refractivity contribution in [2.24, 2.45) is 0 Å². The molecule has 2 nitrogen and oxygen atoms in total. The second-order valence-corrected chi connectivity index (χ2v) is 6.06. The summed E-state index contributed by atoms with van der Waals surface area (Å²) in [7, 11) is 1.70. The monoisotopic (exact) mass is 289 g/mol. The van der Waals surface area contributed by atoms with Gasteiger partial charge in [0.25, 0.3) is 0 Å². The lowest BCUT2D eigenvalue weighted by molar-refractivity contribution is 0.414. The van der Waals surface area contributed by atoms with Crippen LogP contribution < -0.4 is 10.1 Å². The number of aryl methyl sites for hydroxylation is 1. The fraction of sp³-hybridized carbons (Fsp3) is 0.412. The lowest BCUT2D eigenvalue weighted by atomic mass is 10.1. The van der Waals surface area contributed by atoms with Crippen molar-refractivity contribution in [1.82, 2.24) is 5.32 Å². The molecule has 20 heavy (non-hydrogen) atoms. The first-order chi connectivity index (χ1) is 9.72. The lowest BCUT2D eigenvalue weighted by Crippen LogP contribution is -2.27. The molecule has 0 saturated heterocycles. The van der Waals surface area contributed by atoms with Gasteiger partial charge < -0.3 is 10.1 Å². The van der Waals surface area contributed by atoms with Crippen LogP contribution in [0.2, 0.25) is 0 Å². The van der Waals surface area contributed by atoms with Gasteiger partial charge in [0, 0.05) is 17.5 Å². The largest absolute Gasteiger partial charge is 0.497 e. The van der Waals surface area contributed by atoms with Gasteiger partial charge in [0.1, 0.15) is 5.75 Å². The highest BCUT2D eigenvalue weighted by Gasteiger charge is 2.06. The topological polar surface area (TPSA) is 21.3 Å². The average molecular weight is 289 g/mol. The normalized spacial score (nSPS) is 12.3. The second-order valence-electron chi connectivity index (χ2n) is 5.06. The van der Waals surface area contributed by atoms with Gasteiger partial charge in [0.05, 0.1) is 7.11 Å². The third kappa shape index (κ3) is 4.09. The molecule has 0 fully saturated rings. The summed E-state index contributed by atoms with van der Waals surface area (Å²) in [5.74, 6) is 0.917. The van der Waals surface area contributed by atoms with Crippen molar-refractivity contribution in [1.29, 1.82) is 0 Å². The van der Waals surface area contributed by atoms with E-state index in [0.29, 0.717) is 6.04 Å². The van der Waals surface area contributed by atoms with E-state index >= 15 is 0 Å². The molecule has 1 aromatic heterocycles. The minimum absolute atomic E-state index is 0.468. The predicted molar refractivity (Wildman–Crippen MR) is 86.7 cm³/mol. The Bertz CT molecular complexity index is 518. The smallest absolute Gasteiger partial charge is 0.118 e. The maximum Gasteiger partial charge on any atom is 0.118 e. The van der Waals surface area contributed by atoms with Gasteiger partial charge in [0.2, 0.25) is 0 Å². The number of hydrogen-bond acceptors (Lipinski definition) is 3. The molecule has 0 radical (unpaired) electrons. The maximum absolute atomic E-state index is 5.18. The molecule has 0 aliphatic carbocycles. The molecule has 108 valence electrons. The zero-order valence-electron chi connectivity index (χ0n) is 12.5. The van der Waals surface area contributed by atoms with Gasteiger partial charge in [-0.15, -0.1) is 11.3 Å². The third-order valence-electron chi connectivity index (χ3n) is 3.53. The van der Waals surface area contributed by atoms with Gasteiger partial charge in [-0.2, -0.15) is 0 Å². The van der Waals surface area contributed by atoms with Crippen molar-refractivity contribution in [2.75, 3.05) is 7.11 Å². The molecule has 2 aromatic rings. The number of ether oxygens (including phenoxy) is 1. The highest BCUT2D eigenvalue weighted by molar-refractivity contribution is 7.10. The average Bonchev–Trinajstić information content (AvgIpc) is 2.93. The first-order valence-electron chi connectivity index (χ1n) is 7.14. The van der Waals surface area contributed by atoms with Crippen LogP contribution in [0.4, 0.5) is 0 Å². The molecule has 0 aliphatic heterocycles. The number of benzene rings is 1. The summed E-state index contributed by atoms with van der Waals surface area (Å²) in [5.41, 5.74) is 2.81. The summed E-state index contributed by atoms with van der Waals surface area (Å²) in [6.07, 6.45) is 2.16. The molecule has 1 atom stereocenters. The molecule has 2 rings (SSSR count). The van der Waals surface area contributed by atoms with Crippen LogP contribution in [0.5, 0.6) is 5.75 Å². The molecule has 0 saturated carbocycles. The van der Waals surface area contributed by atoms with Gasteiger partial charge in [-0.3, -0.25) is 0 Å². The maximum atomic E-state index is 5.18. The van der Waals surface area contributed by atoms with E-state index in [0.717, 1.165) is 25.1 Å². The van der Waals surface area contributed by atoms with Crippen molar-refractivity contribution < 1.29 is 4.74 Å². The third-order valence-corrected chi connectivity index (χ3v) is 4.49. The number of hydrogen-bond donors (Lipinski definition) is 1. The van der Waals surface area contributed by atoms with Gasteiger partial charge in [-0.1, -0.05) is 19.1 Å². The van der Waals surface area contributed by atoms with Crippen LogP contribution in [0.1, 0.15) is 29.9 Å². The quantitative estimate of drug-likeness (QED) is 0.830. The van der Waals surface area contributed by atoms with E-state index in [1.807, 2.05) is 23.5 Å². The molecular formula is C17H23NOS. The molecule has 0 amide bonds. The predicted octanol–water partition coefficient (Wildman–Crippen LogP) is 4.04. The number of methoxy groups -OCH3 is 1. The van der Waals surface area contributed by atoms with Crippen LogP contribution in [-0.4, -0.2) is 13.2 Å². The Morgan fingerprint density at radius 2 is 1.95 bits per heavy atom. The van der Waals surface area contributed by atoms with Crippen LogP contribution in [0.25, 0.3) is 0 Å². The standard InChI is InChI=1S/C17H23NOS/c1-4-15-9-10-20-17(15)12-18-13(2)11-14-5-7-16(19-3)8-6-14/h5-10,13,18H,4,11-12H2,1-3H3. The molecular weight excluding hydrogens is 266 g/mol. The Labute approximate surface area is 125 Å². The van der Waals surface area contributed by atoms with Crippen LogP contribution in [0.15, 0.2) is 35.7 Å². The van der Waals surface area contributed by atoms with Crippen molar-refractivity contribution >= 4 is 11.3 Å². The molecule has 3 heteroatoms. The van der Waals surface area contributed by atoms with Crippen LogP contribution in [0.3, 0.4) is 0 Å². The zero-order valence-corrected chi connectivity index (χ0v) is 13.3. The molecule has 1 aromatic carbocycles. The van der Waals surface area contributed by atoms with Crippen LogP contribution >= 0.6 is 11.3 Å².